The molecule has 8 rings (SSSR count). The van der Waals surface area contributed by atoms with E-state index in [2.05, 4.69) is 96.1 Å². The van der Waals surface area contributed by atoms with Crippen molar-refractivity contribution in [2.24, 2.45) is 91.7 Å². The summed E-state index contributed by atoms with van der Waals surface area (Å²) in [6.07, 6.45) is 8.84. The first kappa shape index (κ1) is 55.1. The van der Waals surface area contributed by atoms with E-state index in [1.54, 1.807) is 19.4 Å². The summed E-state index contributed by atoms with van der Waals surface area (Å²) < 4.78 is 48.7. The topological polar surface area (TPSA) is 116 Å². The Bertz CT molecular complexity index is 1950. The first-order valence-corrected chi connectivity index (χ1v) is 29.0. The van der Waals surface area contributed by atoms with Gasteiger partial charge in [-0.3, -0.25) is 9.59 Å². The van der Waals surface area contributed by atoms with Gasteiger partial charge in [-0.2, -0.15) is 0 Å². The molecule has 24 atom stereocenters. The number of thioether (sulfide) groups is 1. The third-order valence-electron chi connectivity index (χ3n) is 22.8. The van der Waals surface area contributed by atoms with Gasteiger partial charge in [-0.15, -0.1) is 0 Å². The van der Waals surface area contributed by atoms with Gasteiger partial charge < -0.3 is 38.0 Å². The maximum atomic E-state index is 14.2. The molecular formula is C59H96O10S. The fourth-order valence-electron chi connectivity index (χ4n) is 17.3. The first-order chi connectivity index (χ1) is 32.8. The van der Waals surface area contributed by atoms with Gasteiger partial charge in [0.1, 0.15) is 18.5 Å². The van der Waals surface area contributed by atoms with E-state index in [4.69, 9.17) is 33.2 Å². The highest BCUT2D eigenvalue weighted by Crippen LogP contribution is 2.76. The van der Waals surface area contributed by atoms with Crippen LogP contribution in [-0.2, 0) is 47.5 Å². The van der Waals surface area contributed by atoms with Crippen molar-refractivity contribution >= 4 is 28.9 Å². The molecule has 70 heavy (non-hydrogen) atoms. The Morgan fingerprint density at radius 3 is 2.07 bits per heavy atom. The molecule has 0 bridgehead atoms. The molecule has 5 aliphatic carbocycles. The van der Waals surface area contributed by atoms with Crippen LogP contribution in [-0.4, -0.2) is 92.1 Å². The van der Waals surface area contributed by atoms with Crippen molar-refractivity contribution in [2.75, 3.05) is 19.5 Å². The second kappa shape index (κ2) is 20.1. The molecule has 11 heteroatoms. The van der Waals surface area contributed by atoms with Crippen LogP contribution in [0.2, 0.25) is 0 Å². The van der Waals surface area contributed by atoms with E-state index in [0.717, 1.165) is 63.5 Å². The summed E-state index contributed by atoms with van der Waals surface area (Å²) in [4.78, 5) is 40.5. The van der Waals surface area contributed by atoms with Gasteiger partial charge in [0.15, 0.2) is 29.8 Å². The second-order valence-electron chi connectivity index (χ2n) is 26.8. The minimum absolute atomic E-state index is 0.0296. The lowest BCUT2D eigenvalue weighted by Crippen LogP contribution is -2.68. The van der Waals surface area contributed by atoms with Crippen molar-refractivity contribution in [3.8, 4) is 0 Å². The molecule has 0 aromatic rings. The number of ether oxygens (including phenoxy) is 7. The summed E-state index contributed by atoms with van der Waals surface area (Å²) in [6, 6.07) is 0. The monoisotopic (exact) mass is 997 g/mol. The molecule has 4 saturated carbocycles. The number of allylic oxidation sites excluding steroid dienone is 2. The third kappa shape index (κ3) is 8.95. The number of rotatable bonds is 12. The zero-order chi connectivity index (χ0) is 51.3. The van der Waals surface area contributed by atoms with E-state index in [0.29, 0.717) is 48.5 Å². The predicted octanol–water partition coefficient (Wildman–Crippen LogP) is 12.3. The smallest absolute Gasteiger partial charge is 0.187 e. The lowest BCUT2D eigenvalue weighted by Gasteiger charge is -2.72. The minimum Gasteiger partial charge on any atom is -0.381 e. The number of aldehydes is 1. The highest BCUT2D eigenvalue weighted by atomic mass is 32.2. The van der Waals surface area contributed by atoms with Crippen LogP contribution in [0.1, 0.15) is 175 Å². The zero-order valence-corrected chi connectivity index (χ0v) is 47.4. The van der Waals surface area contributed by atoms with E-state index >= 15 is 0 Å². The van der Waals surface area contributed by atoms with Gasteiger partial charge in [-0.05, 0) is 134 Å². The van der Waals surface area contributed by atoms with E-state index < -0.39 is 48.7 Å². The number of carbonyl (C=O) groups excluding carboxylic acids is 3. The lowest BCUT2D eigenvalue weighted by molar-refractivity contribution is -0.374. The fourth-order valence-corrected chi connectivity index (χ4v) is 18.3. The summed E-state index contributed by atoms with van der Waals surface area (Å²) in [5.74, 6) is 2.75. The average molecular weight is 997 g/mol. The molecule has 7 fully saturated rings. The largest absolute Gasteiger partial charge is 0.381 e. The summed E-state index contributed by atoms with van der Waals surface area (Å²) in [5.41, 5.74) is 0.603. The van der Waals surface area contributed by atoms with E-state index in [-0.39, 0.29) is 73.9 Å². The van der Waals surface area contributed by atoms with Gasteiger partial charge in [0, 0.05) is 43.0 Å². The Kier molecular flexibility index (Phi) is 15.8. The highest BCUT2D eigenvalue weighted by molar-refractivity contribution is 8.13. The third-order valence-corrected chi connectivity index (χ3v) is 23.9. The van der Waals surface area contributed by atoms with Crippen LogP contribution < -0.4 is 0 Å². The van der Waals surface area contributed by atoms with Crippen molar-refractivity contribution in [2.45, 2.75) is 230 Å². The van der Waals surface area contributed by atoms with Gasteiger partial charge in [0.05, 0.1) is 36.4 Å². The number of fused-ring (bicyclic) bond motifs is 7. The molecule has 0 amide bonds. The number of hydrogen-bond acceptors (Lipinski definition) is 11. The van der Waals surface area contributed by atoms with Gasteiger partial charge in [0.25, 0.3) is 0 Å². The van der Waals surface area contributed by atoms with Crippen molar-refractivity contribution in [1.29, 1.82) is 0 Å². The quantitative estimate of drug-likeness (QED) is 0.106. The fraction of sp³-hybridized carbons (Fsp3) is 0.915. The Balaban J connectivity index is 1.13. The Labute approximate surface area is 428 Å². The Morgan fingerprint density at radius 1 is 0.743 bits per heavy atom. The van der Waals surface area contributed by atoms with Crippen molar-refractivity contribution in [3.63, 3.8) is 0 Å². The maximum Gasteiger partial charge on any atom is 0.187 e. The number of Topliss-reactive ketones (excluding diaryl/α,β-unsaturated/α-hetero) is 1. The summed E-state index contributed by atoms with van der Waals surface area (Å²) >= 11 is 1.50. The molecular weight excluding hydrogens is 901 g/mol. The second-order valence-corrected chi connectivity index (χ2v) is 28.0. The van der Waals surface area contributed by atoms with Gasteiger partial charge in [-0.25, -0.2) is 0 Å². The molecule has 0 aromatic heterocycles. The van der Waals surface area contributed by atoms with Gasteiger partial charge in [0.2, 0.25) is 0 Å². The number of hydrogen-bond donors (Lipinski definition) is 0. The number of carbonyl (C=O) groups is 3. The SMILES string of the molecule is CCC1O[C@@H](OC2[C@H](O[C@H]3CCC4(C)C5CC=C6C7CC(C)(C)CC[C@]7(CSC(C)=O)C(OC)C[C@@]6(C)[C@@]5(C)CC[C@H]4[C@@]3(C)C=O)OC(C(C)=O)[C@@H](C)[C@@H]2O[C@@H]2OC[C@@H](C)[C@H](C)C2C)C(C)[C@@H](C)[C@H]1C. The van der Waals surface area contributed by atoms with Crippen LogP contribution >= 0.6 is 11.8 Å². The van der Waals surface area contributed by atoms with Crippen LogP contribution in [0.25, 0.3) is 0 Å². The summed E-state index contributed by atoms with van der Waals surface area (Å²) in [6.45, 7) is 36.2. The molecule has 0 aromatic carbocycles. The molecule has 10 nitrogen and oxygen atoms in total. The first-order valence-electron chi connectivity index (χ1n) is 28.0. The lowest BCUT2D eigenvalue weighted by atomic mass is 9.33. The molecule has 8 aliphatic rings. The Hall–Kier alpha value is -1.18. The van der Waals surface area contributed by atoms with Crippen LogP contribution in [0.5, 0.6) is 0 Å². The molecule has 398 valence electrons. The van der Waals surface area contributed by atoms with Crippen LogP contribution in [0.4, 0.5) is 0 Å². The number of ketones is 1. The molecule has 3 saturated heterocycles. The number of methoxy groups -OCH3 is 1. The van der Waals surface area contributed by atoms with E-state index in [1.165, 1.54) is 18.0 Å². The zero-order valence-electron chi connectivity index (χ0n) is 46.6. The maximum absolute atomic E-state index is 14.2. The van der Waals surface area contributed by atoms with Crippen LogP contribution in [0.15, 0.2) is 11.6 Å². The van der Waals surface area contributed by atoms with Crippen molar-refractivity contribution in [1.82, 2.24) is 0 Å². The normalized spacial score (nSPS) is 52.2. The summed E-state index contributed by atoms with van der Waals surface area (Å²) in [5, 5.41) is 0.185. The molecule has 0 radical (unpaired) electrons. The van der Waals surface area contributed by atoms with Crippen LogP contribution in [0, 0.1) is 91.7 Å². The molecule has 0 spiro atoms. The van der Waals surface area contributed by atoms with Gasteiger partial charge >= 0.3 is 0 Å². The van der Waals surface area contributed by atoms with E-state index in [1.807, 2.05) is 14.0 Å². The molecule has 3 aliphatic heterocycles. The minimum atomic E-state index is -0.994. The molecule has 0 N–H and O–H groups in total. The van der Waals surface area contributed by atoms with Crippen molar-refractivity contribution < 1.29 is 47.5 Å². The predicted molar refractivity (Wildman–Crippen MR) is 276 cm³/mol. The Morgan fingerprint density at radius 2 is 1.43 bits per heavy atom. The highest BCUT2D eigenvalue weighted by Gasteiger charge is 2.71. The molecule has 3 heterocycles. The summed E-state index contributed by atoms with van der Waals surface area (Å²) in [7, 11) is 1.91. The van der Waals surface area contributed by atoms with Gasteiger partial charge in [-0.1, -0.05) is 120 Å². The average Bonchev–Trinajstić information content (AvgIpc) is 3.30. The van der Waals surface area contributed by atoms with Crippen LogP contribution in [0.3, 0.4) is 0 Å². The molecule has 9 unspecified atom stereocenters. The van der Waals surface area contributed by atoms with Crippen molar-refractivity contribution in [3.05, 3.63) is 11.6 Å². The standard InChI is InChI=1S/C59H96O10S/c1-18-43-35(5)34(4)37(7)52(65-43)69-50-49(68-51-36(6)33(3)32(2)29-64-51)38(8)48(39(9)61)67-53(50)66-46-22-23-55(13)44(56(46,14)30-60)21-24-57(15)45(55)20-19-41-42-27-54(11,12)25-26-59(42,31-70-40(10)62)47(63-17)28-58(41,57)16/h19,30,32-38,42-53H,18,20-29,31H2,1-17H3/t32-,33+,34+,35-,36?,37?,38-,42?,43?,44-,45?,46+,47?,48?,49+,50?,51+,52+,53-,55?,56-,57+,58-,59-/m1/s1. The van der Waals surface area contributed by atoms with E-state index in [9.17, 15) is 14.4 Å².